The summed E-state index contributed by atoms with van der Waals surface area (Å²) >= 11 is 3.52. The predicted molar refractivity (Wildman–Crippen MR) is 94.1 cm³/mol. The van der Waals surface area contributed by atoms with Gasteiger partial charge in [0.15, 0.2) is 0 Å². The van der Waals surface area contributed by atoms with Crippen molar-refractivity contribution in [2.24, 2.45) is 0 Å². The Morgan fingerprint density at radius 1 is 1.17 bits per heavy atom. The highest BCUT2D eigenvalue weighted by Gasteiger charge is 2.21. The molecule has 0 spiro atoms. The van der Waals surface area contributed by atoms with Gasteiger partial charge in [-0.05, 0) is 44.4 Å². The van der Waals surface area contributed by atoms with Crippen molar-refractivity contribution < 1.29 is 4.79 Å². The Kier molecular flexibility index (Phi) is 4.61. The van der Waals surface area contributed by atoms with Crippen LogP contribution in [-0.4, -0.2) is 33.9 Å². The number of aromatic nitrogens is 2. The fraction of sp³-hybridized carbons (Fsp3) is 0.353. The molecule has 23 heavy (non-hydrogen) atoms. The Morgan fingerprint density at radius 3 is 2.61 bits per heavy atom. The van der Waals surface area contributed by atoms with Crippen LogP contribution in [0.15, 0.2) is 28.7 Å². The van der Waals surface area contributed by atoms with Gasteiger partial charge in [0.2, 0.25) is 0 Å². The molecule has 1 amide bonds. The van der Waals surface area contributed by atoms with Crippen LogP contribution in [0.1, 0.15) is 34.7 Å². The van der Waals surface area contributed by atoms with E-state index in [9.17, 15) is 4.79 Å². The third kappa shape index (κ3) is 3.69. The molecule has 1 aromatic heterocycles. The number of halogens is 1. The third-order valence-corrected chi connectivity index (χ3v) is 4.75. The highest BCUT2D eigenvalue weighted by Crippen LogP contribution is 2.23. The Balaban J connectivity index is 1.84. The lowest BCUT2D eigenvalue weighted by Crippen LogP contribution is -2.28. The molecule has 2 aromatic rings. The van der Waals surface area contributed by atoms with Crippen molar-refractivity contribution in [1.82, 2.24) is 14.9 Å². The van der Waals surface area contributed by atoms with Crippen molar-refractivity contribution in [3.63, 3.8) is 0 Å². The summed E-state index contributed by atoms with van der Waals surface area (Å²) in [4.78, 5) is 23.0. The summed E-state index contributed by atoms with van der Waals surface area (Å²) in [6, 6.07) is 7.73. The molecule has 2 heterocycles. The molecule has 3 rings (SSSR count). The molecule has 1 N–H and O–H groups in total. The molecule has 1 aromatic carbocycles. The number of nitrogens with one attached hydrogen (secondary N) is 1. The number of likely N-dealkylation sites (tertiary alicyclic amines) is 1. The van der Waals surface area contributed by atoms with Crippen LogP contribution in [0, 0.1) is 13.8 Å². The van der Waals surface area contributed by atoms with Gasteiger partial charge in [-0.1, -0.05) is 22.0 Å². The van der Waals surface area contributed by atoms with E-state index in [0.29, 0.717) is 17.3 Å². The van der Waals surface area contributed by atoms with Crippen molar-refractivity contribution >= 4 is 33.3 Å². The number of hydrogen-bond acceptors (Lipinski definition) is 4. The Bertz CT molecular complexity index is 741. The van der Waals surface area contributed by atoms with E-state index in [1.54, 1.807) is 13.0 Å². The number of carbonyl (C=O) groups excluding carboxylic acids is 1. The summed E-state index contributed by atoms with van der Waals surface area (Å²) in [7, 11) is 0. The smallest absolute Gasteiger partial charge is 0.272 e. The van der Waals surface area contributed by atoms with Crippen molar-refractivity contribution in [3.8, 4) is 0 Å². The maximum Gasteiger partial charge on any atom is 0.272 e. The molecule has 0 aliphatic carbocycles. The standard InChI is InChI=1S/C17H19BrN4O/c1-11-5-6-13(9-14(11)18)21-16-10-15(19-12(2)20-16)17(23)22-7-3-4-8-22/h5-6,9-10H,3-4,7-8H2,1-2H3,(H,19,20,21). The van der Waals surface area contributed by atoms with Crippen molar-refractivity contribution in [2.45, 2.75) is 26.7 Å². The van der Waals surface area contributed by atoms with E-state index in [1.807, 2.05) is 30.0 Å². The summed E-state index contributed by atoms with van der Waals surface area (Å²) in [5.41, 5.74) is 2.53. The van der Waals surface area contributed by atoms with Gasteiger partial charge < -0.3 is 10.2 Å². The van der Waals surface area contributed by atoms with Gasteiger partial charge in [0, 0.05) is 29.3 Å². The number of anilines is 2. The average molecular weight is 375 g/mol. The quantitative estimate of drug-likeness (QED) is 0.886. The van der Waals surface area contributed by atoms with Crippen LogP contribution in [-0.2, 0) is 0 Å². The molecule has 1 aliphatic heterocycles. The van der Waals surface area contributed by atoms with E-state index in [-0.39, 0.29) is 5.91 Å². The van der Waals surface area contributed by atoms with Gasteiger partial charge in [-0.3, -0.25) is 4.79 Å². The van der Waals surface area contributed by atoms with Crippen LogP contribution in [0.2, 0.25) is 0 Å². The van der Waals surface area contributed by atoms with E-state index in [4.69, 9.17) is 0 Å². The van der Waals surface area contributed by atoms with Crippen molar-refractivity contribution in [1.29, 1.82) is 0 Å². The molecule has 1 aliphatic rings. The second kappa shape index (κ2) is 6.66. The van der Waals surface area contributed by atoms with Crippen molar-refractivity contribution in [3.05, 3.63) is 45.8 Å². The summed E-state index contributed by atoms with van der Waals surface area (Å²) in [5, 5.41) is 3.25. The van der Waals surface area contributed by atoms with Gasteiger partial charge in [-0.15, -0.1) is 0 Å². The first-order valence-corrected chi connectivity index (χ1v) is 8.50. The monoisotopic (exact) mass is 374 g/mol. The van der Waals surface area contributed by atoms with E-state index in [0.717, 1.165) is 36.1 Å². The summed E-state index contributed by atoms with van der Waals surface area (Å²) in [6.45, 7) is 5.47. The SMILES string of the molecule is Cc1nc(Nc2ccc(C)c(Br)c2)cc(C(=O)N2CCCC2)n1. The van der Waals surface area contributed by atoms with E-state index >= 15 is 0 Å². The maximum atomic E-state index is 12.5. The minimum Gasteiger partial charge on any atom is -0.340 e. The van der Waals surface area contributed by atoms with Crippen LogP contribution in [0.4, 0.5) is 11.5 Å². The zero-order chi connectivity index (χ0) is 16.4. The third-order valence-electron chi connectivity index (χ3n) is 3.89. The second-order valence-electron chi connectivity index (χ2n) is 5.77. The molecule has 1 saturated heterocycles. The maximum absolute atomic E-state index is 12.5. The number of amides is 1. The first-order valence-electron chi connectivity index (χ1n) is 7.71. The van der Waals surface area contributed by atoms with Gasteiger partial charge in [0.25, 0.3) is 5.91 Å². The van der Waals surface area contributed by atoms with Gasteiger partial charge in [-0.2, -0.15) is 0 Å². The predicted octanol–water partition coefficient (Wildman–Crippen LogP) is 3.84. The highest BCUT2D eigenvalue weighted by molar-refractivity contribution is 9.10. The molecular formula is C17H19BrN4O. The number of aryl methyl sites for hydroxylation is 2. The Labute approximate surface area is 144 Å². The average Bonchev–Trinajstić information content (AvgIpc) is 3.04. The molecule has 120 valence electrons. The minimum atomic E-state index is -0.0128. The molecule has 0 bridgehead atoms. The lowest BCUT2D eigenvalue weighted by atomic mass is 10.2. The molecular weight excluding hydrogens is 356 g/mol. The molecule has 0 saturated carbocycles. The number of hydrogen-bond donors (Lipinski definition) is 1. The lowest BCUT2D eigenvalue weighted by molar-refractivity contribution is 0.0786. The summed E-state index contributed by atoms with van der Waals surface area (Å²) < 4.78 is 1.03. The minimum absolute atomic E-state index is 0.0128. The van der Waals surface area contributed by atoms with Crippen LogP contribution >= 0.6 is 15.9 Å². The van der Waals surface area contributed by atoms with Gasteiger partial charge >= 0.3 is 0 Å². The number of rotatable bonds is 3. The molecule has 1 fully saturated rings. The second-order valence-corrected chi connectivity index (χ2v) is 6.63. The largest absolute Gasteiger partial charge is 0.340 e. The lowest BCUT2D eigenvalue weighted by Gasteiger charge is -2.15. The zero-order valence-corrected chi connectivity index (χ0v) is 14.9. The molecule has 0 atom stereocenters. The van der Waals surface area contributed by atoms with Crippen LogP contribution in [0.5, 0.6) is 0 Å². The fourth-order valence-electron chi connectivity index (χ4n) is 2.64. The molecule has 6 heteroatoms. The van der Waals surface area contributed by atoms with E-state index in [2.05, 4.69) is 31.2 Å². The van der Waals surface area contributed by atoms with Crippen LogP contribution < -0.4 is 5.32 Å². The van der Waals surface area contributed by atoms with E-state index < -0.39 is 0 Å². The number of carbonyl (C=O) groups is 1. The summed E-state index contributed by atoms with van der Waals surface area (Å²) in [6.07, 6.45) is 2.14. The highest BCUT2D eigenvalue weighted by atomic mass is 79.9. The molecule has 0 radical (unpaired) electrons. The topological polar surface area (TPSA) is 58.1 Å². The van der Waals surface area contributed by atoms with Crippen LogP contribution in [0.25, 0.3) is 0 Å². The Hall–Kier alpha value is -1.95. The first kappa shape index (κ1) is 15.9. The van der Waals surface area contributed by atoms with Crippen molar-refractivity contribution in [2.75, 3.05) is 18.4 Å². The zero-order valence-electron chi connectivity index (χ0n) is 13.3. The summed E-state index contributed by atoms with van der Waals surface area (Å²) in [5.74, 6) is 1.21. The molecule has 5 nitrogen and oxygen atoms in total. The fourth-order valence-corrected chi connectivity index (χ4v) is 3.02. The normalized spacial score (nSPS) is 14.1. The van der Waals surface area contributed by atoms with Gasteiger partial charge in [0.05, 0.1) is 0 Å². The van der Waals surface area contributed by atoms with E-state index in [1.165, 1.54) is 5.56 Å². The molecule has 0 unspecified atom stereocenters. The number of nitrogens with zero attached hydrogens (tertiary/aromatic N) is 3. The van der Waals surface area contributed by atoms with Gasteiger partial charge in [-0.25, -0.2) is 9.97 Å². The Morgan fingerprint density at radius 2 is 1.91 bits per heavy atom. The number of benzene rings is 1. The first-order chi connectivity index (χ1) is 11.0. The van der Waals surface area contributed by atoms with Gasteiger partial charge in [0.1, 0.15) is 17.3 Å². The van der Waals surface area contributed by atoms with Crippen LogP contribution in [0.3, 0.4) is 0 Å².